The van der Waals surface area contributed by atoms with Crippen LogP contribution in [0.3, 0.4) is 0 Å². The van der Waals surface area contributed by atoms with Gasteiger partial charge in [-0.3, -0.25) is 5.10 Å². The molecule has 0 atom stereocenters. The molecular weight excluding hydrogens is 260 g/mol. The van der Waals surface area contributed by atoms with E-state index in [2.05, 4.69) is 20.2 Å². The molecule has 0 radical (unpaired) electrons. The quantitative estimate of drug-likeness (QED) is 0.555. The first-order valence-corrected chi connectivity index (χ1v) is 6.48. The van der Waals surface area contributed by atoms with E-state index in [0.29, 0.717) is 11.3 Å². The van der Waals surface area contributed by atoms with Crippen molar-refractivity contribution in [2.24, 2.45) is 7.05 Å². The van der Waals surface area contributed by atoms with Gasteiger partial charge in [0, 0.05) is 13.2 Å². The zero-order valence-corrected chi connectivity index (χ0v) is 10.8. The number of imidazole rings is 1. The van der Waals surface area contributed by atoms with E-state index in [1.165, 1.54) is 0 Å². The lowest BCUT2D eigenvalue weighted by molar-refractivity contribution is 0.951. The minimum absolute atomic E-state index is 0.178. The van der Waals surface area contributed by atoms with E-state index in [-0.39, 0.29) is 6.30 Å². The summed E-state index contributed by atoms with van der Waals surface area (Å²) in [7, 11) is 1.81. The first-order valence-electron chi connectivity index (χ1n) is 6.17. The third kappa shape index (κ3) is 1.39. The molecule has 4 heterocycles. The topological polar surface area (TPSA) is 85.4 Å². The highest BCUT2D eigenvalue weighted by atomic mass is 32.1. The van der Waals surface area contributed by atoms with Crippen LogP contribution in [0, 0.1) is 0 Å². The summed E-state index contributed by atoms with van der Waals surface area (Å²) in [4.78, 5) is 9.58. The Morgan fingerprint density at radius 2 is 2.42 bits per heavy atom. The van der Waals surface area contributed by atoms with Crippen molar-refractivity contribution in [2.45, 2.75) is 0 Å². The second kappa shape index (κ2) is 3.55. The average molecular weight is 271 g/mol. The fourth-order valence-corrected chi connectivity index (χ4v) is 3.32. The molecule has 0 amide bonds. The lowest BCUT2D eigenvalue weighted by Crippen LogP contribution is -1.92. The summed E-state index contributed by atoms with van der Waals surface area (Å²) in [6, 6.07) is 3.88. The van der Waals surface area contributed by atoms with Crippen LogP contribution in [0.25, 0.3) is 31.8 Å². The summed E-state index contributed by atoms with van der Waals surface area (Å²) < 4.78 is 10.5. The van der Waals surface area contributed by atoms with Crippen LogP contribution >= 0.6 is 11.3 Å². The molecule has 19 heavy (non-hydrogen) atoms. The Bertz CT molecular complexity index is 936. The van der Waals surface area contributed by atoms with Gasteiger partial charge in [-0.1, -0.05) is 0 Å². The molecule has 0 unspecified atom stereocenters. The number of H-pyrrole nitrogens is 1. The summed E-state index contributed by atoms with van der Waals surface area (Å²) in [6.45, 7) is 0. The number of fused-ring (bicyclic) bond motifs is 3. The number of nitrogen functional groups attached to an aromatic ring is 1. The van der Waals surface area contributed by atoms with E-state index in [1.807, 2.05) is 19.2 Å². The smallest absolute Gasteiger partial charge is 0.152 e. The summed E-state index contributed by atoms with van der Waals surface area (Å²) >= 11 is 1.59. The number of nitrogens with one attached hydrogen (secondary N) is 1. The molecule has 4 aromatic heterocycles. The molecule has 0 aromatic carbocycles. The van der Waals surface area contributed by atoms with Crippen LogP contribution in [-0.4, -0.2) is 24.7 Å². The van der Waals surface area contributed by atoms with E-state index in [4.69, 9.17) is 7.10 Å². The van der Waals surface area contributed by atoms with Crippen molar-refractivity contribution >= 4 is 38.4 Å². The second-order valence-corrected chi connectivity index (χ2v) is 5.31. The highest BCUT2D eigenvalue weighted by molar-refractivity contribution is 7.23. The summed E-state index contributed by atoms with van der Waals surface area (Å²) in [5, 5.41) is 6.90. The van der Waals surface area contributed by atoms with Crippen molar-refractivity contribution in [1.29, 1.82) is 0 Å². The van der Waals surface area contributed by atoms with E-state index >= 15 is 0 Å². The molecule has 4 rings (SSSR count). The molecule has 0 aliphatic rings. The van der Waals surface area contributed by atoms with Gasteiger partial charge in [0.1, 0.15) is 6.89 Å². The third-order valence-electron chi connectivity index (χ3n) is 3.05. The summed E-state index contributed by atoms with van der Waals surface area (Å²) in [6.07, 6.45) is 1.89. The summed E-state index contributed by atoms with van der Waals surface area (Å²) in [5.74, 6) is 0.357. The molecule has 3 N–H and O–H groups in total. The first kappa shape index (κ1) is 9.51. The molecule has 7 heteroatoms. The molecule has 0 fully saturated rings. The Hall–Kier alpha value is -2.41. The molecule has 0 aliphatic heterocycles. The van der Waals surface area contributed by atoms with Gasteiger partial charge in [-0.05, 0) is 12.1 Å². The van der Waals surface area contributed by atoms with E-state index < -0.39 is 0 Å². The highest BCUT2D eigenvalue weighted by Crippen LogP contribution is 2.36. The predicted molar refractivity (Wildman–Crippen MR) is 75.9 cm³/mol. The van der Waals surface area contributed by atoms with Crippen LogP contribution in [0.5, 0.6) is 0 Å². The van der Waals surface area contributed by atoms with Gasteiger partial charge in [0.15, 0.2) is 5.82 Å². The van der Waals surface area contributed by atoms with Gasteiger partial charge in [0.05, 0.1) is 32.6 Å². The number of nitrogens with zero attached hydrogens (tertiary/aromatic N) is 4. The SMILES string of the molecule is [2H]c1nc2c(N)nc3cc(-c4ccn[nH]4)sc3c2n1C. The zero-order chi connectivity index (χ0) is 13.9. The van der Waals surface area contributed by atoms with Crippen molar-refractivity contribution in [2.75, 3.05) is 5.73 Å². The second-order valence-electron chi connectivity index (χ2n) is 4.26. The largest absolute Gasteiger partial charge is 0.382 e. The number of pyridine rings is 1. The fourth-order valence-electron chi connectivity index (χ4n) is 2.17. The molecule has 94 valence electrons. The number of anilines is 1. The molecule has 0 saturated heterocycles. The standard InChI is InChI=1S/C12H10N6S/c1-18-5-14-9-10(18)11-7(16-12(9)13)4-8(19-11)6-2-3-15-17-6/h2-5H,1H3,(H2,13,16)(H,15,17)/i5D. The molecule has 0 bridgehead atoms. The van der Waals surface area contributed by atoms with Crippen molar-refractivity contribution < 1.29 is 1.37 Å². The Labute approximate surface area is 113 Å². The maximum Gasteiger partial charge on any atom is 0.152 e. The maximum absolute atomic E-state index is 7.82. The van der Waals surface area contributed by atoms with Crippen LogP contribution in [-0.2, 0) is 7.05 Å². The third-order valence-corrected chi connectivity index (χ3v) is 4.21. The number of hydrogen-bond acceptors (Lipinski definition) is 5. The molecule has 0 saturated carbocycles. The van der Waals surface area contributed by atoms with Crippen molar-refractivity contribution in [3.05, 3.63) is 24.6 Å². The fraction of sp³-hybridized carbons (Fsp3) is 0.0833. The highest BCUT2D eigenvalue weighted by Gasteiger charge is 2.14. The number of nitrogens with two attached hydrogens (primary N) is 1. The molecule has 6 nitrogen and oxygen atoms in total. The molecule has 0 spiro atoms. The number of rotatable bonds is 1. The van der Waals surface area contributed by atoms with Gasteiger partial charge >= 0.3 is 0 Å². The van der Waals surface area contributed by atoms with Crippen molar-refractivity contribution in [3.63, 3.8) is 0 Å². The Morgan fingerprint density at radius 3 is 3.21 bits per heavy atom. The number of aromatic amines is 1. The van der Waals surface area contributed by atoms with Gasteiger partial charge in [-0.2, -0.15) is 5.10 Å². The van der Waals surface area contributed by atoms with Crippen molar-refractivity contribution in [1.82, 2.24) is 24.7 Å². The molecule has 0 aliphatic carbocycles. The lowest BCUT2D eigenvalue weighted by Gasteiger charge is -1.98. The van der Waals surface area contributed by atoms with Gasteiger partial charge in [0.25, 0.3) is 0 Å². The minimum Gasteiger partial charge on any atom is -0.382 e. The minimum atomic E-state index is 0.178. The zero-order valence-electron chi connectivity index (χ0n) is 11.0. The van der Waals surface area contributed by atoms with Crippen LogP contribution in [0.4, 0.5) is 5.82 Å². The number of hydrogen-bond donors (Lipinski definition) is 2. The first-order chi connectivity index (χ1) is 9.65. The van der Waals surface area contributed by atoms with Gasteiger partial charge in [-0.25, -0.2) is 9.97 Å². The predicted octanol–water partition coefficient (Wildman–Crippen LogP) is 2.16. The number of aromatic nitrogens is 5. The van der Waals surface area contributed by atoms with Gasteiger partial charge in [-0.15, -0.1) is 11.3 Å². The number of thiophene rings is 1. The van der Waals surface area contributed by atoms with Crippen LogP contribution in [0.2, 0.25) is 0 Å². The number of aryl methyl sites for hydroxylation is 1. The maximum atomic E-state index is 7.82. The van der Waals surface area contributed by atoms with Crippen LogP contribution in [0.1, 0.15) is 1.37 Å². The van der Waals surface area contributed by atoms with Crippen molar-refractivity contribution in [3.8, 4) is 10.6 Å². The average Bonchev–Trinajstić information content (AvgIpc) is 3.10. The Balaban J connectivity index is 2.14. The Morgan fingerprint density at radius 1 is 1.53 bits per heavy atom. The normalized spacial score (nSPS) is 12.4. The lowest BCUT2D eigenvalue weighted by atomic mass is 10.3. The van der Waals surface area contributed by atoms with E-state index in [1.54, 1.807) is 22.1 Å². The van der Waals surface area contributed by atoms with Gasteiger partial charge < -0.3 is 10.3 Å². The van der Waals surface area contributed by atoms with E-state index in [9.17, 15) is 0 Å². The van der Waals surface area contributed by atoms with Crippen LogP contribution < -0.4 is 5.73 Å². The Kier molecular flexibility index (Phi) is 1.78. The van der Waals surface area contributed by atoms with Gasteiger partial charge in [0.2, 0.25) is 0 Å². The van der Waals surface area contributed by atoms with E-state index in [0.717, 1.165) is 26.3 Å². The molecule has 4 aromatic rings. The summed E-state index contributed by atoms with van der Waals surface area (Å²) in [5.41, 5.74) is 9.14. The van der Waals surface area contributed by atoms with Crippen LogP contribution in [0.15, 0.2) is 24.6 Å². The monoisotopic (exact) mass is 271 g/mol. The molecular formula is C12H10N6S.